The molecule has 8 nitrogen and oxygen atoms in total. The molecule has 3 atom stereocenters. The fourth-order valence-electron chi connectivity index (χ4n) is 2.58. The van der Waals surface area contributed by atoms with E-state index in [9.17, 15) is 15.2 Å². The van der Waals surface area contributed by atoms with Gasteiger partial charge in [0.25, 0.3) is 5.69 Å². The van der Waals surface area contributed by atoms with Gasteiger partial charge in [0, 0.05) is 31.9 Å². The van der Waals surface area contributed by atoms with E-state index in [1.54, 1.807) is 6.92 Å². The number of non-ortho nitro benzene ring substituents is 1. The topological polar surface area (TPSA) is 117 Å². The normalized spacial score (nSPS) is 28.1. The van der Waals surface area contributed by atoms with Gasteiger partial charge in [0.2, 0.25) is 0 Å². The number of aliphatic hydroxyl groups is 1. The zero-order valence-corrected chi connectivity index (χ0v) is 12.0. The first-order valence-corrected chi connectivity index (χ1v) is 6.31. The SMILES string of the molecule is COC(OC)[C@@]1(C)Oc2ccc([N+](=O)[O-])cc2[C@H](N)[C@H]1O. The van der Waals surface area contributed by atoms with Gasteiger partial charge in [-0.25, -0.2) is 0 Å². The van der Waals surface area contributed by atoms with E-state index < -0.39 is 29.0 Å². The molecule has 21 heavy (non-hydrogen) atoms. The Morgan fingerprint density at radius 2 is 2.10 bits per heavy atom. The number of methoxy groups -OCH3 is 2. The smallest absolute Gasteiger partial charge is 0.270 e. The molecule has 0 aliphatic carbocycles. The van der Waals surface area contributed by atoms with Gasteiger partial charge in [0.15, 0.2) is 11.9 Å². The molecule has 0 aromatic heterocycles. The summed E-state index contributed by atoms with van der Waals surface area (Å²) in [6.07, 6.45) is -2.00. The lowest BCUT2D eigenvalue weighted by Gasteiger charge is -2.45. The number of fused-ring (bicyclic) bond motifs is 1. The predicted molar refractivity (Wildman–Crippen MR) is 72.9 cm³/mol. The zero-order chi connectivity index (χ0) is 15.8. The quantitative estimate of drug-likeness (QED) is 0.478. The summed E-state index contributed by atoms with van der Waals surface area (Å²) in [6.45, 7) is 1.61. The van der Waals surface area contributed by atoms with Crippen LogP contribution in [0, 0.1) is 10.1 Å². The van der Waals surface area contributed by atoms with Crippen molar-refractivity contribution in [2.24, 2.45) is 5.73 Å². The molecule has 1 aromatic carbocycles. The van der Waals surface area contributed by atoms with Crippen LogP contribution in [0.4, 0.5) is 5.69 Å². The van der Waals surface area contributed by atoms with Gasteiger partial charge in [0.05, 0.1) is 11.0 Å². The Labute approximate surface area is 121 Å². The molecule has 3 N–H and O–H groups in total. The highest BCUT2D eigenvalue weighted by Gasteiger charge is 2.51. The van der Waals surface area contributed by atoms with E-state index in [1.807, 2.05) is 0 Å². The summed E-state index contributed by atoms with van der Waals surface area (Å²) in [5, 5.41) is 21.3. The van der Waals surface area contributed by atoms with E-state index >= 15 is 0 Å². The zero-order valence-electron chi connectivity index (χ0n) is 12.0. The maximum Gasteiger partial charge on any atom is 0.270 e. The number of nitrogens with two attached hydrogens (primary N) is 1. The lowest BCUT2D eigenvalue weighted by Crippen LogP contribution is -2.61. The molecular formula is C13H18N2O6. The van der Waals surface area contributed by atoms with Crippen LogP contribution in [0.1, 0.15) is 18.5 Å². The minimum absolute atomic E-state index is 0.112. The van der Waals surface area contributed by atoms with Crippen LogP contribution < -0.4 is 10.5 Å². The van der Waals surface area contributed by atoms with Crippen molar-refractivity contribution in [3.63, 3.8) is 0 Å². The summed E-state index contributed by atoms with van der Waals surface area (Å²) in [4.78, 5) is 10.3. The van der Waals surface area contributed by atoms with E-state index in [4.69, 9.17) is 19.9 Å². The Balaban J connectivity index is 2.47. The molecule has 0 amide bonds. The molecule has 8 heteroatoms. The average molecular weight is 298 g/mol. The number of benzene rings is 1. The van der Waals surface area contributed by atoms with E-state index in [2.05, 4.69) is 0 Å². The van der Waals surface area contributed by atoms with Gasteiger partial charge >= 0.3 is 0 Å². The predicted octanol–water partition coefficient (Wildman–Crippen LogP) is 0.725. The summed E-state index contributed by atoms with van der Waals surface area (Å²) in [5.41, 5.74) is 5.05. The third kappa shape index (κ3) is 2.46. The second kappa shape index (κ2) is 5.57. The van der Waals surface area contributed by atoms with Crippen LogP contribution >= 0.6 is 0 Å². The first kappa shape index (κ1) is 15.6. The van der Waals surface area contributed by atoms with Gasteiger partial charge in [-0.1, -0.05) is 0 Å². The van der Waals surface area contributed by atoms with Crippen LogP contribution in [0.25, 0.3) is 0 Å². The van der Waals surface area contributed by atoms with Crippen molar-refractivity contribution in [3.8, 4) is 5.75 Å². The molecule has 116 valence electrons. The largest absolute Gasteiger partial charge is 0.479 e. The molecule has 0 unspecified atom stereocenters. The van der Waals surface area contributed by atoms with E-state index in [1.165, 1.54) is 32.4 Å². The monoisotopic (exact) mass is 298 g/mol. The first-order valence-electron chi connectivity index (χ1n) is 6.31. The summed E-state index contributed by atoms with van der Waals surface area (Å²) in [7, 11) is 2.85. The lowest BCUT2D eigenvalue weighted by atomic mass is 9.85. The minimum Gasteiger partial charge on any atom is -0.479 e. The second-order valence-electron chi connectivity index (χ2n) is 5.04. The maximum atomic E-state index is 10.8. The highest BCUT2D eigenvalue weighted by atomic mass is 16.7. The number of hydrogen-bond acceptors (Lipinski definition) is 7. The molecule has 0 spiro atoms. The molecule has 0 saturated carbocycles. The van der Waals surface area contributed by atoms with Crippen molar-refractivity contribution in [2.45, 2.75) is 31.0 Å². The number of nitro groups is 1. The summed E-state index contributed by atoms with van der Waals surface area (Å²) in [6, 6.07) is 3.22. The number of nitrogens with zero attached hydrogens (tertiary/aromatic N) is 1. The molecule has 0 bridgehead atoms. The van der Waals surface area contributed by atoms with Crippen LogP contribution in [0.3, 0.4) is 0 Å². The fourth-order valence-corrected chi connectivity index (χ4v) is 2.58. The Hall–Kier alpha value is -1.74. The van der Waals surface area contributed by atoms with E-state index in [0.29, 0.717) is 11.3 Å². The second-order valence-corrected chi connectivity index (χ2v) is 5.04. The van der Waals surface area contributed by atoms with Crippen molar-refractivity contribution < 1.29 is 24.2 Å². The number of rotatable bonds is 4. The highest BCUT2D eigenvalue weighted by molar-refractivity contribution is 5.48. The Morgan fingerprint density at radius 1 is 1.48 bits per heavy atom. The molecule has 0 fully saturated rings. The third-order valence-corrected chi connectivity index (χ3v) is 3.72. The van der Waals surface area contributed by atoms with Crippen LogP contribution in [-0.2, 0) is 9.47 Å². The van der Waals surface area contributed by atoms with Gasteiger partial charge < -0.3 is 25.1 Å². The summed E-state index contributed by atoms with van der Waals surface area (Å²) < 4.78 is 16.1. The molecule has 1 aromatic rings. The standard InChI is InChI=1S/C13H18N2O6/c1-13(12(19-2)20-3)11(16)10(14)8-6-7(15(17)18)4-5-9(8)21-13/h4-6,10-12,16H,14H2,1-3H3/t10-,11+,13-/m0/s1. The third-order valence-electron chi connectivity index (χ3n) is 3.72. The van der Waals surface area contributed by atoms with Gasteiger partial charge in [-0.15, -0.1) is 0 Å². The van der Waals surface area contributed by atoms with Gasteiger partial charge in [-0.05, 0) is 13.0 Å². The summed E-state index contributed by atoms with van der Waals surface area (Å²) >= 11 is 0. The van der Waals surface area contributed by atoms with Crippen LogP contribution in [0.15, 0.2) is 18.2 Å². The molecule has 2 rings (SSSR count). The highest BCUT2D eigenvalue weighted by Crippen LogP contribution is 2.42. The van der Waals surface area contributed by atoms with Crippen molar-refractivity contribution in [2.75, 3.05) is 14.2 Å². The molecule has 1 heterocycles. The van der Waals surface area contributed by atoms with Crippen LogP contribution in [0.2, 0.25) is 0 Å². The van der Waals surface area contributed by atoms with Crippen LogP contribution in [-0.4, -0.2) is 42.2 Å². The number of ether oxygens (including phenoxy) is 3. The van der Waals surface area contributed by atoms with Crippen molar-refractivity contribution in [1.82, 2.24) is 0 Å². The van der Waals surface area contributed by atoms with Gasteiger partial charge in [-0.2, -0.15) is 0 Å². The molecule has 0 saturated heterocycles. The number of hydrogen-bond donors (Lipinski definition) is 2. The van der Waals surface area contributed by atoms with Gasteiger partial charge in [0.1, 0.15) is 11.9 Å². The molecule has 0 radical (unpaired) electrons. The average Bonchev–Trinajstić information content (AvgIpc) is 2.45. The first-order chi connectivity index (χ1) is 9.85. The fraction of sp³-hybridized carbons (Fsp3) is 0.538. The van der Waals surface area contributed by atoms with E-state index in [-0.39, 0.29) is 5.69 Å². The van der Waals surface area contributed by atoms with Gasteiger partial charge in [-0.3, -0.25) is 10.1 Å². The van der Waals surface area contributed by atoms with E-state index in [0.717, 1.165) is 0 Å². The molecular weight excluding hydrogens is 280 g/mol. The van der Waals surface area contributed by atoms with Crippen LogP contribution in [0.5, 0.6) is 5.75 Å². The van der Waals surface area contributed by atoms with Crippen molar-refractivity contribution in [3.05, 3.63) is 33.9 Å². The number of aliphatic hydroxyl groups excluding tert-OH is 1. The Morgan fingerprint density at radius 3 is 2.62 bits per heavy atom. The number of nitro benzene ring substituents is 1. The minimum atomic E-state index is -1.23. The van der Waals surface area contributed by atoms with Crippen molar-refractivity contribution >= 4 is 5.69 Å². The molecule has 1 aliphatic heterocycles. The van der Waals surface area contributed by atoms with Crippen molar-refractivity contribution in [1.29, 1.82) is 0 Å². The molecule has 1 aliphatic rings. The maximum absolute atomic E-state index is 10.8. The lowest BCUT2D eigenvalue weighted by molar-refractivity contribution is -0.385. The Bertz CT molecular complexity index is 547. The Kier molecular flexibility index (Phi) is 4.15. The summed E-state index contributed by atoms with van der Waals surface area (Å²) in [5.74, 6) is 0.361.